The average molecular weight is 490 g/mol. The minimum absolute atomic E-state index is 0.0148. The molecule has 0 saturated carbocycles. The second-order valence-corrected chi connectivity index (χ2v) is 9.33. The quantitative estimate of drug-likeness (QED) is 0.449. The summed E-state index contributed by atoms with van der Waals surface area (Å²) in [5, 5.41) is 12.2. The van der Waals surface area contributed by atoms with E-state index in [0.29, 0.717) is 6.54 Å². The summed E-state index contributed by atoms with van der Waals surface area (Å²) in [6, 6.07) is 21.9. The zero-order valence-corrected chi connectivity index (χ0v) is 21.0. The minimum Gasteiger partial charge on any atom is -0.392 e. The lowest BCUT2D eigenvalue weighted by Gasteiger charge is -2.38. The van der Waals surface area contributed by atoms with Gasteiger partial charge in [0.1, 0.15) is 0 Å². The summed E-state index contributed by atoms with van der Waals surface area (Å²) in [7, 11) is 2.11. The molecule has 3 atom stereocenters. The molecule has 2 aromatic carbocycles. The van der Waals surface area contributed by atoms with Crippen molar-refractivity contribution in [3.63, 3.8) is 0 Å². The molecule has 0 radical (unpaired) electrons. The predicted octanol–water partition coefficient (Wildman–Crippen LogP) is 3.93. The molecule has 0 spiro atoms. The Morgan fingerprint density at radius 1 is 1.03 bits per heavy atom. The summed E-state index contributed by atoms with van der Waals surface area (Å²) < 4.78 is 12.9. The van der Waals surface area contributed by atoms with Crippen molar-refractivity contribution in [3.05, 3.63) is 101 Å². The molecule has 1 amide bonds. The van der Waals surface area contributed by atoms with Crippen molar-refractivity contribution in [2.45, 2.75) is 51.4 Å². The molecule has 3 aromatic rings. The zero-order valence-electron chi connectivity index (χ0n) is 21.0. The summed E-state index contributed by atoms with van der Waals surface area (Å²) in [6.07, 6.45) is 2.82. The third-order valence-electron chi connectivity index (χ3n) is 6.40. The van der Waals surface area contributed by atoms with Crippen LogP contribution in [0.3, 0.4) is 0 Å². The van der Waals surface area contributed by atoms with Crippen molar-refractivity contribution in [1.29, 1.82) is 0 Å². The van der Waals surface area contributed by atoms with Gasteiger partial charge in [-0.3, -0.25) is 9.78 Å². The highest BCUT2D eigenvalue weighted by atomic mass is 16.7. The van der Waals surface area contributed by atoms with E-state index in [4.69, 9.17) is 9.47 Å². The lowest BCUT2D eigenvalue weighted by molar-refractivity contribution is -0.252. The molecular weight excluding hydrogens is 454 g/mol. The van der Waals surface area contributed by atoms with Gasteiger partial charge in [0.15, 0.2) is 6.29 Å². The van der Waals surface area contributed by atoms with Crippen molar-refractivity contribution in [3.8, 4) is 0 Å². The lowest BCUT2D eigenvalue weighted by Crippen LogP contribution is -2.38. The van der Waals surface area contributed by atoms with Gasteiger partial charge in [-0.05, 0) is 35.9 Å². The highest BCUT2D eigenvalue weighted by Gasteiger charge is 2.32. The Morgan fingerprint density at radius 2 is 1.75 bits per heavy atom. The van der Waals surface area contributed by atoms with Gasteiger partial charge in [-0.15, -0.1) is 0 Å². The number of hydrogen-bond acceptors (Lipinski definition) is 6. The second kappa shape index (κ2) is 12.7. The number of benzene rings is 2. The Morgan fingerprint density at radius 3 is 2.42 bits per heavy atom. The molecule has 1 fully saturated rings. The zero-order chi connectivity index (χ0) is 25.3. The van der Waals surface area contributed by atoms with Crippen LogP contribution in [0.5, 0.6) is 0 Å². The van der Waals surface area contributed by atoms with Crippen LogP contribution in [0.25, 0.3) is 0 Å². The molecule has 7 nitrogen and oxygen atoms in total. The Kier molecular flexibility index (Phi) is 9.19. The number of ether oxygens (including phenoxy) is 2. The molecule has 7 heteroatoms. The number of nitrogens with zero attached hydrogens (tertiary/aromatic N) is 2. The summed E-state index contributed by atoms with van der Waals surface area (Å²) in [5.41, 5.74) is 4.99. The van der Waals surface area contributed by atoms with Crippen LogP contribution < -0.4 is 5.32 Å². The van der Waals surface area contributed by atoms with Crippen molar-refractivity contribution >= 4 is 5.91 Å². The standard InChI is InChI=1S/C29H35N3O4/c1-21(34)31-18-22-6-12-25(13-7-22)29-35-27(19-32(2)16-14-26-5-3-4-15-30-26)17-28(36-29)24-10-8-23(20-33)9-11-24/h3-13,15,27-29,33H,14,16-20H2,1-2H3,(H,31,34)/t27-,28+,29+/m0/s1. The van der Waals surface area contributed by atoms with Crippen molar-refractivity contribution < 1.29 is 19.4 Å². The molecule has 0 unspecified atom stereocenters. The summed E-state index contributed by atoms with van der Waals surface area (Å²) in [4.78, 5) is 17.9. The van der Waals surface area contributed by atoms with Gasteiger partial charge < -0.3 is 24.8 Å². The number of aliphatic hydroxyl groups is 1. The highest BCUT2D eigenvalue weighted by Crippen LogP contribution is 2.38. The number of hydrogen-bond donors (Lipinski definition) is 2. The fraction of sp³-hybridized carbons (Fsp3) is 0.379. The molecule has 1 aliphatic rings. The average Bonchev–Trinajstić information content (AvgIpc) is 2.91. The Balaban J connectivity index is 1.45. The second-order valence-electron chi connectivity index (χ2n) is 9.33. The van der Waals surface area contributed by atoms with Gasteiger partial charge in [0, 0.05) is 56.9 Å². The summed E-state index contributed by atoms with van der Waals surface area (Å²) in [5.74, 6) is -0.0527. The molecule has 2 N–H and O–H groups in total. The largest absolute Gasteiger partial charge is 0.392 e. The molecule has 190 valence electrons. The number of carbonyl (C=O) groups excluding carboxylic acids is 1. The first-order chi connectivity index (χ1) is 17.5. The van der Waals surface area contributed by atoms with Crippen LogP contribution in [0.15, 0.2) is 72.9 Å². The molecule has 0 aliphatic carbocycles. The Bertz CT molecular complexity index is 1090. The number of likely N-dealkylation sites (N-methyl/N-ethyl adjacent to an activating group) is 1. The topological polar surface area (TPSA) is 83.9 Å². The van der Waals surface area contributed by atoms with Crippen LogP contribution in [0.2, 0.25) is 0 Å². The van der Waals surface area contributed by atoms with E-state index in [1.807, 2.05) is 66.9 Å². The Hall–Kier alpha value is -3.10. The van der Waals surface area contributed by atoms with Gasteiger partial charge >= 0.3 is 0 Å². The molecular formula is C29H35N3O4. The van der Waals surface area contributed by atoms with Crippen LogP contribution in [-0.2, 0) is 33.8 Å². The van der Waals surface area contributed by atoms with E-state index in [-0.39, 0.29) is 24.7 Å². The first-order valence-corrected chi connectivity index (χ1v) is 12.4. The van der Waals surface area contributed by atoms with E-state index in [1.165, 1.54) is 6.92 Å². The number of nitrogens with one attached hydrogen (secondary N) is 1. The smallest absolute Gasteiger partial charge is 0.217 e. The molecule has 36 heavy (non-hydrogen) atoms. The minimum atomic E-state index is -0.495. The number of pyridine rings is 1. The summed E-state index contributed by atoms with van der Waals surface area (Å²) in [6.45, 7) is 3.69. The first-order valence-electron chi connectivity index (χ1n) is 12.4. The fourth-order valence-electron chi connectivity index (χ4n) is 4.34. The van der Waals surface area contributed by atoms with Gasteiger partial charge in [-0.2, -0.15) is 0 Å². The van der Waals surface area contributed by atoms with Crippen molar-refractivity contribution in [2.24, 2.45) is 0 Å². The molecule has 2 heterocycles. The third kappa shape index (κ3) is 7.45. The van der Waals surface area contributed by atoms with E-state index in [2.05, 4.69) is 28.3 Å². The lowest BCUT2D eigenvalue weighted by atomic mass is 9.99. The first kappa shape index (κ1) is 26.0. The fourth-order valence-corrected chi connectivity index (χ4v) is 4.34. The van der Waals surface area contributed by atoms with Crippen molar-refractivity contribution in [1.82, 2.24) is 15.2 Å². The molecule has 0 bridgehead atoms. The third-order valence-corrected chi connectivity index (χ3v) is 6.40. The van der Waals surface area contributed by atoms with E-state index < -0.39 is 6.29 Å². The molecule has 1 saturated heterocycles. The SMILES string of the molecule is CC(=O)NCc1ccc([C@@H]2O[C@H](CN(C)CCc3ccccn3)C[C@H](c3ccc(CO)cc3)O2)cc1. The monoisotopic (exact) mass is 489 g/mol. The van der Waals surface area contributed by atoms with E-state index >= 15 is 0 Å². The Labute approximate surface area is 213 Å². The maximum Gasteiger partial charge on any atom is 0.217 e. The number of rotatable bonds is 10. The number of aromatic nitrogens is 1. The van der Waals surface area contributed by atoms with Gasteiger partial charge in [-0.25, -0.2) is 0 Å². The normalized spacial score (nSPS) is 19.8. The van der Waals surface area contributed by atoms with Crippen LogP contribution in [-0.4, -0.2) is 47.1 Å². The van der Waals surface area contributed by atoms with E-state index in [9.17, 15) is 9.90 Å². The predicted molar refractivity (Wildman–Crippen MR) is 138 cm³/mol. The number of aliphatic hydroxyl groups excluding tert-OH is 1. The van der Waals surface area contributed by atoms with Gasteiger partial charge in [0.25, 0.3) is 0 Å². The molecule has 1 aromatic heterocycles. The van der Waals surface area contributed by atoms with Gasteiger partial charge in [0.05, 0.1) is 18.8 Å². The number of carbonyl (C=O) groups is 1. The van der Waals surface area contributed by atoms with Crippen LogP contribution >= 0.6 is 0 Å². The van der Waals surface area contributed by atoms with Crippen LogP contribution in [0.1, 0.15) is 53.7 Å². The number of amides is 1. The van der Waals surface area contributed by atoms with Gasteiger partial charge in [-0.1, -0.05) is 54.6 Å². The molecule has 4 rings (SSSR count). The van der Waals surface area contributed by atoms with Crippen LogP contribution in [0, 0.1) is 0 Å². The maximum absolute atomic E-state index is 11.2. The molecule has 1 aliphatic heterocycles. The summed E-state index contributed by atoms with van der Waals surface area (Å²) >= 11 is 0. The van der Waals surface area contributed by atoms with E-state index in [1.54, 1.807) is 0 Å². The van der Waals surface area contributed by atoms with Crippen molar-refractivity contribution in [2.75, 3.05) is 20.1 Å². The maximum atomic E-state index is 11.2. The van der Waals surface area contributed by atoms with Crippen LogP contribution in [0.4, 0.5) is 0 Å². The van der Waals surface area contributed by atoms with Gasteiger partial charge in [0.2, 0.25) is 5.91 Å². The van der Waals surface area contributed by atoms with E-state index in [0.717, 1.165) is 53.9 Å². The highest BCUT2D eigenvalue weighted by molar-refractivity contribution is 5.72.